The first-order valence-corrected chi connectivity index (χ1v) is 8.72. The first-order valence-electron chi connectivity index (χ1n) is 8.72. The smallest absolute Gasteiger partial charge is 0.122 e. The Kier molecular flexibility index (Phi) is 6.71. The Morgan fingerprint density at radius 3 is 2.59 bits per heavy atom. The van der Waals surface area contributed by atoms with Crippen molar-refractivity contribution in [3.8, 4) is 5.75 Å². The molecule has 1 aliphatic carbocycles. The van der Waals surface area contributed by atoms with Crippen LogP contribution in [0.1, 0.15) is 50.2 Å². The molecule has 0 bridgehead atoms. The molecule has 2 rings (SSSR count). The lowest BCUT2D eigenvalue weighted by Gasteiger charge is -2.34. The van der Waals surface area contributed by atoms with Gasteiger partial charge in [0.15, 0.2) is 0 Å². The van der Waals surface area contributed by atoms with Gasteiger partial charge >= 0.3 is 0 Å². The van der Waals surface area contributed by atoms with E-state index in [-0.39, 0.29) is 0 Å². The molecule has 0 unspecified atom stereocenters. The Hall–Kier alpha value is -1.06. The van der Waals surface area contributed by atoms with Gasteiger partial charge in [-0.1, -0.05) is 43.9 Å². The number of aliphatic hydroxyl groups is 1. The minimum atomic E-state index is -0.428. The first-order chi connectivity index (χ1) is 10.6. The molecule has 0 spiro atoms. The molecule has 124 valence electrons. The van der Waals surface area contributed by atoms with Gasteiger partial charge in [-0.25, -0.2) is 0 Å². The normalized spacial score (nSPS) is 17.7. The Morgan fingerprint density at radius 1 is 1.23 bits per heavy atom. The number of nitrogens with zero attached hydrogens (tertiary/aromatic N) is 1. The van der Waals surface area contributed by atoms with Crippen LogP contribution in [-0.2, 0) is 0 Å². The lowest BCUT2D eigenvalue weighted by Crippen LogP contribution is -2.43. The predicted octanol–water partition coefficient (Wildman–Crippen LogP) is 3.70. The van der Waals surface area contributed by atoms with Crippen molar-refractivity contribution in [1.82, 2.24) is 4.90 Å². The van der Waals surface area contributed by atoms with Crippen LogP contribution >= 0.6 is 0 Å². The maximum atomic E-state index is 10.3. The molecule has 0 saturated heterocycles. The van der Waals surface area contributed by atoms with E-state index in [4.69, 9.17) is 4.74 Å². The van der Waals surface area contributed by atoms with E-state index >= 15 is 0 Å². The molecule has 3 heteroatoms. The van der Waals surface area contributed by atoms with Crippen LogP contribution in [-0.4, -0.2) is 41.8 Å². The molecular weight excluding hydrogens is 274 g/mol. The molecule has 3 nitrogen and oxygen atoms in total. The van der Waals surface area contributed by atoms with E-state index in [0.717, 1.165) is 17.9 Å². The third-order valence-electron chi connectivity index (χ3n) is 4.70. The number of aliphatic hydroxyl groups excluding tert-OH is 1. The number of hydrogen-bond donors (Lipinski definition) is 1. The summed E-state index contributed by atoms with van der Waals surface area (Å²) in [5.74, 6) is 0.880. The molecule has 1 saturated carbocycles. The molecule has 0 radical (unpaired) electrons. The number of hydrogen-bond acceptors (Lipinski definition) is 3. The van der Waals surface area contributed by atoms with E-state index in [1.54, 1.807) is 0 Å². The lowest BCUT2D eigenvalue weighted by atomic mass is 9.94. The van der Waals surface area contributed by atoms with Gasteiger partial charge in [-0.05, 0) is 44.9 Å². The second-order valence-corrected chi connectivity index (χ2v) is 6.61. The summed E-state index contributed by atoms with van der Waals surface area (Å²) in [5.41, 5.74) is 2.37. The minimum Gasteiger partial charge on any atom is -0.491 e. The van der Waals surface area contributed by atoms with Gasteiger partial charge in [0.25, 0.3) is 0 Å². The third-order valence-corrected chi connectivity index (χ3v) is 4.70. The number of benzene rings is 1. The van der Waals surface area contributed by atoms with E-state index in [1.165, 1.54) is 37.7 Å². The SMILES string of the molecule is CCN(C[C@@H](O)COc1ccc(C)cc1C)C1CCCCC1. The van der Waals surface area contributed by atoms with E-state index in [2.05, 4.69) is 37.8 Å². The fourth-order valence-electron chi connectivity index (χ4n) is 3.45. The third kappa shape index (κ3) is 4.99. The highest BCUT2D eigenvalue weighted by Gasteiger charge is 2.22. The molecular formula is C19H31NO2. The van der Waals surface area contributed by atoms with Crippen LogP contribution in [0.15, 0.2) is 18.2 Å². The summed E-state index contributed by atoms with van der Waals surface area (Å²) in [6, 6.07) is 6.81. The Labute approximate surface area is 135 Å². The highest BCUT2D eigenvalue weighted by molar-refractivity contribution is 5.35. The van der Waals surface area contributed by atoms with Crippen LogP contribution in [0, 0.1) is 13.8 Å². The largest absolute Gasteiger partial charge is 0.491 e. The standard InChI is InChI=1S/C19H31NO2/c1-4-20(17-8-6-5-7-9-17)13-18(21)14-22-19-11-10-15(2)12-16(19)3/h10-12,17-18,21H,4-9,13-14H2,1-3H3/t18-/m1/s1. The molecule has 1 aromatic rings. The van der Waals surface area contributed by atoms with E-state index in [0.29, 0.717) is 19.2 Å². The lowest BCUT2D eigenvalue weighted by molar-refractivity contribution is 0.0462. The molecule has 1 N–H and O–H groups in total. The van der Waals surface area contributed by atoms with Crippen molar-refractivity contribution in [2.75, 3.05) is 19.7 Å². The van der Waals surface area contributed by atoms with Crippen molar-refractivity contribution in [2.45, 2.75) is 65.0 Å². The number of rotatable bonds is 7. The van der Waals surface area contributed by atoms with Gasteiger partial charge in [0.05, 0.1) is 0 Å². The molecule has 0 amide bonds. The summed E-state index contributed by atoms with van der Waals surface area (Å²) in [4.78, 5) is 2.43. The van der Waals surface area contributed by atoms with Gasteiger partial charge < -0.3 is 9.84 Å². The summed E-state index contributed by atoms with van der Waals surface area (Å²) in [6.45, 7) is 8.40. The van der Waals surface area contributed by atoms with Crippen LogP contribution in [0.4, 0.5) is 0 Å². The van der Waals surface area contributed by atoms with Crippen molar-refractivity contribution in [2.24, 2.45) is 0 Å². The predicted molar refractivity (Wildman–Crippen MR) is 91.5 cm³/mol. The van der Waals surface area contributed by atoms with E-state index < -0.39 is 6.10 Å². The van der Waals surface area contributed by atoms with Crippen LogP contribution in [0.2, 0.25) is 0 Å². The van der Waals surface area contributed by atoms with Gasteiger partial charge in [0.2, 0.25) is 0 Å². The molecule has 1 aliphatic rings. The number of aryl methyl sites for hydroxylation is 2. The van der Waals surface area contributed by atoms with Crippen molar-refractivity contribution in [3.05, 3.63) is 29.3 Å². The number of ether oxygens (including phenoxy) is 1. The van der Waals surface area contributed by atoms with Crippen molar-refractivity contribution < 1.29 is 9.84 Å². The van der Waals surface area contributed by atoms with Gasteiger partial charge in [-0.15, -0.1) is 0 Å². The molecule has 1 atom stereocenters. The molecule has 22 heavy (non-hydrogen) atoms. The second kappa shape index (κ2) is 8.54. The average Bonchev–Trinajstić information content (AvgIpc) is 2.52. The van der Waals surface area contributed by atoms with Crippen LogP contribution in [0.5, 0.6) is 5.75 Å². The molecule has 0 aromatic heterocycles. The summed E-state index contributed by atoms with van der Waals surface area (Å²) in [5, 5.41) is 10.3. The molecule has 0 heterocycles. The van der Waals surface area contributed by atoms with Crippen LogP contribution < -0.4 is 4.74 Å². The summed E-state index contributed by atoms with van der Waals surface area (Å²) in [7, 11) is 0. The van der Waals surface area contributed by atoms with Crippen LogP contribution in [0.25, 0.3) is 0 Å². The summed E-state index contributed by atoms with van der Waals surface area (Å²) in [6.07, 6.45) is 6.15. The zero-order chi connectivity index (χ0) is 15.9. The summed E-state index contributed by atoms with van der Waals surface area (Å²) >= 11 is 0. The fraction of sp³-hybridized carbons (Fsp3) is 0.684. The quantitative estimate of drug-likeness (QED) is 0.834. The van der Waals surface area contributed by atoms with Crippen LogP contribution in [0.3, 0.4) is 0 Å². The fourth-order valence-corrected chi connectivity index (χ4v) is 3.45. The molecule has 1 fully saturated rings. The van der Waals surface area contributed by atoms with Crippen molar-refractivity contribution in [3.63, 3.8) is 0 Å². The summed E-state index contributed by atoms with van der Waals surface area (Å²) < 4.78 is 5.81. The number of likely N-dealkylation sites (N-methyl/N-ethyl adjacent to an activating group) is 1. The Morgan fingerprint density at radius 2 is 1.95 bits per heavy atom. The van der Waals surface area contributed by atoms with Crippen molar-refractivity contribution >= 4 is 0 Å². The van der Waals surface area contributed by atoms with E-state index in [9.17, 15) is 5.11 Å². The Bertz CT molecular complexity index is 455. The van der Waals surface area contributed by atoms with E-state index in [1.807, 2.05) is 6.07 Å². The van der Waals surface area contributed by atoms with Gasteiger partial charge in [-0.2, -0.15) is 0 Å². The Balaban J connectivity index is 1.81. The maximum absolute atomic E-state index is 10.3. The highest BCUT2D eigenvalue weighted by Crippen LogP contribution is 2.23. The van der Waals surface area contributed by atoms with Gasteiger partial charge in [0, 0.05) is 12.6 Å². The van der Waals surface area contributed by atoms with Crippen molar-refractivity contribution in [1.29, 1.82) is 0 Å². The van der Waals surface area contributed by atoms with Gasteiger partial charge in [-0.3, -0.25) is 4.90 Å². The molecule has 0 aliphatic heterocycles. The molecule has 1 aromatic carbocycles. The average molecular weight is 305 g/mol. The minimum absolute atomic E-state index is 0.368. The van der Waals surface area contributed by atoms with Gasteiger partial charge in [0.1, 0.15) is 18.5 Å². The first kappa shape index (κ1) is 17.3. The second-order valence-electron chi connectivity index (χ2n) is 6.61. The highest BCUT2D eigenvalue weighted by atomic mass is 16.5. The zero-order valence-electron chi connectivity index (χ0n) is 14.3. The monoisotopic (exact) mass is 305 g/mol. The zero-order valence-corrected chi connectivity index (χ0v) is 14.3. The topological polar surface area (TPSA) is 32.7 Å². The maximum Gasteiger partial charge on any atom is 0.122 e.